The van der Waals surface area contributed by atoms with Crippen molar-refractivity contribution in [2.75, 3.05) is 40.3 Å². The van der Waals surface area contributed by atoms with Crippen molar-refractivity contribution >= 4 is 15.7 Å². The zero-order valence-electron chi connectivity index (χ0n) is 10.4. The van der Waals surface area contributed by atoms with Crippen LogP contribution in [0.3, 0.4) is 0 Å². The fraction of sp³-hybridized carbons (Fsp3) is 1.00. The van der Waals surface area contributed by atoms with Crippen molar-refractivity contribution in [3.63, 3.8) is 0 Å². The summed E-state index contributed by atoms with van der Waals surface area (Å²) in [6.07, 6.45) is 0. The van der Waals surface area contributed by atoms with Crippen LogP contribution < -0.4 is 0 Å². The zero-order chi connectivity index (χ0) is 10.8. The molecule has 0 aliphatic carbocycles. The lowest BCUT2D eigenvalue weighted by Gasteiger charge is -2.31. The Balaban J connectivity index is 2.27. The monoisotopic (exact) mass is 213 g/mol. The van der Waals surface area contributed by atoms with Crippen LogP contribution in [-0.2, 0) is 0 Å². The first-order valence-corrected chi connectivity index (χ1v) is 6.78. The second-order valence-electron chi connectivity index (χ2n) is 5.50. The van der Waals surface area contributed by atoms with Gasteiger partial charge in [0, 0.05) is 6.54 Å². The smallest absolute Gasteiger partial charge is 0.372 e. The highest BCUT2D eigenvalue weighted by Crippen LogP contribution is 2.15. The Bertz CT molecular complexity index is 177. The van der Waals surface area contributed by atoms with Gasteiger partial charge < -0.3 is 12.7 Å². The molecule has 1 aliphatic heterocycles. The Morgan fingerprint density at radius 2 is 1.86 bits per heavy atom. The van der Waals surface area contributed by atoms with Crippen molar-refractivity contribution in [1.29, 1.82) is 0 Å². The maximum absolute atomic E-state index is 2.68. The Morgan fingerprint density at radius 3 is 2.29 bits per heavy atom. The molecule has 0 spiro atoms. The molecule has 4 heteroatoms. The number of rotatable bonds is 3. The van der Waals surface area contributed by atoms with Crippen LogP contribution in [-0.4, -0.2) is 74.1 Å². The van der Waals surface area contributed by atoms with Crippen molar-refractivity contribution in [2.24, 2.45) is 0 Å². The normalized spacial score (nSPS) is 20.4. The van der Waals surface area contributed by atoms with Crippen molar-refractivity contribution < 1.29 is 0 Å². The van der Waals surface area contributed by atoms with Gasteiger partial charge in [0.1, 0.15) is 0 Å². The molecule has 1 fully saturated rings. The van der Waals surface area contributed by atoms with Gasteiger partial charge in [0.05, 0.1) is 0 Å². The first kappa shape index (κ1) is 12.5. The van der Waals surface area contributed by atoms with Gasteiger partial charge in [0.15, 0.2) is 0 Å². The van der Waals surface area contributed by atoms with Gasteiger partial charge in [-0.25, -0.2) is 0 Å². The van der Waals surface area contributed by atoms with E-state index in [1.165, 1.54) is 26.2 Å². The highest BCUT2D eigenvalue weighted by atomic mass is 27.1. The van der Waals surface area contributed by atoms with Crippen molar-refractivity contribution in [2.45, 2.75) is 26.3 Å². The van der Waals surface area contributed by atoms with Crippen LogP contribution in [0.4, 0.5) is 0 Å². The van der Waals surface area contributed by atoms with E-state index in [9.17, 15) is 0 Å². The van der Waals surface area contributed by atoms with E-state index in [-0.39, 0.29) is 15.7 Å². The number of likely N-dealkylation sites (N-methyl/N-ethyl adjacent to an activating group) is 1. The van der Waals surface area contributed by atoms with Gasteiger partial charge in [-0.05, 0) is 60.0 Å². The van der Waals surface area contributed by atoms with Gasteiger partial charge in [-0.1, -0.05) is 0 Å². The molecule has 0 radical (unpaired) electrons. The molecule has 0 unspecified atom stereocenters. The molecular formula is C10H24AlN3. The van der Waals surface area contributed by atoms with E-state index in [2.05, 4.69) is 47.5 Å². The predicted octanol–water partition coefficient (Wildman–Crippen LogP) is 0.231. The number of nitrogens with zero attached hydrogens (tertiary/aromatic N) is 3. The lowest BCUT2D eigenvalue weighted by atomic mass is 10.1. The highest BCUT2D eigenvalue weighted by Gasteiger charge is 2.30. The minimum atomic E-state index is -0.136. The third-order valence-electron chi connectivity index (χ3n) is 2.87. The van der Waals surface area contributed by atoms with Crippen LogP contribution in [0, 0.1) is 0 Å². The third kappa shape index (κ3) is 3.88. The summed E-state index contributed by atoms with van der Waals surface area (Å²) in [4.78, 5) is 2.27. The summed E-state index contributed by atoms with van der Waals surface area (Å²) in [5.74, 6) is 0. The molecule has 0 atom stereocenters. The largest absolute Gasteiger partial charge is 0.463 e. The van der Waals surface area contributed by atoms with Gasteiger partial charge in [-0.2, -0.15) is 0 Å². The number of hydrogen-bond acceptors (Lipinski definition) is 3. The van der Waals surface area contributed by atoms with Crippen LogP contribution in [0.1, 0.15) is 20.8 Å². The van der Waals surface area contributed by atoms with E-state index >= 15 is 0 Å². The maximum Gasteiger partial charge on any atom is 0.463 e. The van der Waals surface area contributed by atoms with E-state index in [4.69, 9.17) is 0 Å². The quantitative estimate of drug-likeness (QED) is 0.621. The summed E-state index contributed by atoms with van der Waals surface area (Å²) in [5.41, 5.74) is 0.388. The summed E-state index contributed by atoms with van der Waals surface area (Å²) in [7, 11) is 4.30. The van der Waals surface area contributed by atoms with E-state index in [1.807, 2.05) is 0 Å². The minimum absolute atomic E-state index is 0.136. The van der Waals surface area contributed by atoms with Crippen LogP contribution in [0.15, 0.2) is 0 Å². The molecule has 0 amide bonds. The molecule has 1 saturated heterocycles. The van der Waals surface area contributed by atoms with E-state index in [0.29, 0.717) is 5.54 Å². The molecule has 1 heterocycles. The van der Waals surface area contributed by atoms with Crippen molar-refractivity contribution in [1.82, 2.24) is 12.7 Å². The van der Waals surface area contributed by atoms with Gasteiger partial charge in [0.2, 0.25) is 0 Å². The van der Waals surface area contributed by atoms with Crippen LogP contribution in [0.2, 0.25) is 0 Å². The molecule has 82 valence electrons. The van der Waals surface area contributed by atoms with Gasteiger partial charge in [0.25, 0.3) is 0 Å². The Morgan fingerprint density at radius 1 is 1.21 bits per heavy atom. The van der Waals surface area contributed by atoms with Gasteiger partial charge in [-0.3, -0.25) is 0 Å². The van der Waals surface area contributed by atoms with Crippen molar-refractivity contribution in [3.05, 3.63) is 0 Å². The fourth-order valence-electron chi connectivity index (χ4n) is 1.72. The summed E-state index contributed by atoms with van der Waals surface area (Å²) in [6, 6.07) is 0. The summed E-state index contributed by atoms with van der Waals surface area (Å²) in [6.45, 7) is 12.0. The minimum Gasteiger partial charge on any atom is -0.372 e. The van der Waals surface area contributed by atoms with Crippen LogP contribution >= 0.6 is 0 Å². The SMILES string of the molecule is CN(C)CC[N]1CC[N](C(C)(C)C)[AlH]1. The summed E-state index contributed by atoms with van der Waals surface area (Å²) < 4.78 is 5.36. The Kier molecular flexibility index (Phi) is 4.42. The first-order valence-electron chi connectivity index (χ1n) is 5.52. The predicted molar refractivity (Wildman–Crippen MR) is 63.7 cm³/mol. The number of hydrogen-bond donors (Lipinski definition) is 0. The second-order valence-corrected chi connectivity index (χ2v) is 7.44. The van der Waals surface area contributed by atoms with Gasteiger partial charge >= 0.3 is 15.7 Å². The molecule has 0 aromatic carbocycles. The molecular weight excluding hydrogens is 189 g/mol. The molecule has 0 aromatic rings. The second kappa shape index (κ2) is 4.96. The lowest BCUT2D eigenvalue weighted by molar-refractivity contribution is 0.275. The molecule has 0 aromatic heterocycles. The van der Waals surface area contributed by atoms with E-state index < -0.39 is 0 Å². The topological polar surface area (TPSA) is 9.72 Å². The standard InChI is InChI=1S/C10H23N3.Al.H/c1-10(2,3)12-7-6-11-8-9-13(4)5;;/h6-9H2,1-5H3;;/q-2;+2;. The van der Waals surface area contributed by atoms with Crippen LogP contribution in [0.5, 0.6) is 0 Å². The van der Waals surface area contributed by atoms with E-state index in [0.717, 1.165) is 0 Å². The maximum atomic E-state index is 2.68. The van der Waals surface area contributed by atoms with E-state index in [1.54, 1.807) is 0 Å². The van der Waals surface area contributed by atoms with Gasteiger partial charge in [-0.15, -0.1) is 0 Å². The molecule has 1 aliphatic rings. The molecule has 0 bridgehead atoms. The third-order valence-corrected chi connectivity index (χ3v) is 5.51. The highest BCUT2D eigenvalue weighted by molar-refractivity contribution is 6.29. The lowest BCUT2D eigenvalue weighted by Crippen LogP contribution is -2.43. The molecule has 3 nitrogen and oxygen atoms in total. The summed E-state index contributed by atoms with van der Waals surface area (Å²) in [5, 5.41) is 0. The van der Waals surface area contributed by atoms with Crippen molar-refractivity contribution in [3.8, 4) is 0 Å². The van der Waals surface area contributed by atoms with Crippen LogP contribution in [0.25, 0.3) is 0 Å². The fourth-order valence-corrected chi connectivity index (χ4v) is 3.47. The molecule has 0 saturated carbocycles. The zero-order valence-corrected chi connectivity index (χ0v) is 11.8. The first-order chi connectivity index (χ1) is 6.39. The average Bonchev–Trinajstić information content (AvgIpc) is 2.47. The molecule has 14 heavy (non-hydrogen) atoms. The molecule has 0 N–H and O–H groups in total. The average molecular weight is 213 g/mol. The molecule has 1 rings (SSSR count). The Labute approximate surface area is 95.2 Å². The Hall–Kier alpha value is 0.412. The summed E-state index contributed by atoms with van der Waals surface area (Å²) >= 11 is -0.136.